The first-order valence-corrected chi connectivity index (χ1v) is 8.22. The number of oxazole rings is 1. The van der Waals surface area contributed by atoms with E-state index in [4.69, 9.17) is 20.5 Å². The summed E-state index contributed by atoms with van der Waals surface area (Å²) in [7, 11) is 0. The van der Waals surface area contributed by atoms with E-state index in [-0.39, 0.29) is 0 Å². The quantitative estimate of drug-likeness (QED) is 0.495. The highest BCUT2D eigenvalue weighted by Gasteiger charge is 2.13. The van der Waals surface area contributed by atoms with Gasteiger partial charge in [0.15, 0.2) is 5.58 Å². The van der Waals surface area contributed by atoms with Crippen molar-refractivity contribution < 1.29 is 8.94 Å². The second kappa shape index (κ2) is 6.06. The van der Waals surface area contributed by atoms with E-state index in [0.29, 0.717) is 27.7 Å². The van der Waals surface area contributed by atoms with Gasteiger partial charge < -0.3 is 8.94 Å². The number of hydrogen-bond acceptors (Lipinski definition) is 6. The lowest BCUT2D eigenvalue weighted by molar-refractivity contribution is 0.391. The summed E-state index contributed by atoms with van der Waals surface area (Å²) < 4.78 is 10.9. The van der Waals surface area contributed by atoms with Crippen molar-refractivity contribution in [3.8, 4) is 11.4 Å². The first kappa shape index (κ1) is 14.3. The van der Waals surface area contributed by atoms with Gasteiger partial charge in [0.2, 0.25) is 11.7 Å². The Balaban J connectivity index is 1.51. The Morgan fingerprint density at radius 3 is 2.70 bits per heavy atom. The third-order valence-electron chi connectivity index (χ3n) is 3.18. The van der Waals surface area contributed by atoms with E-state index >= 15 is 0 Å². The molecule has 114 valence electrons. The third kappa shape index (κ3) is 2.95. The van der Waals surface area contributed by atoms with E-state index < -0.39 is 0 Å². The average molecular weight is 344 g/mol. The average Bonchev–Trinajstić information content (AvgIpc) is 3.19. The molecule has 5 nitrogen and oxygen atoms in total. The molecule has 2 aromatic heterocycles. The SMILES string of the molecule is Clc1ccccc1-c1noc(CSc2nc3ccccc3o2)n1. The highest BCUT2D eigenvalue weighted by Crippen LogP contribution is 2.28. The largest absolute Gasteiger partial charge is 0.431 e. The molecular formula is C16H10ClN3O2S. The van der Waals surface area contributed by atoms with Crippen LogP contribution >= 0.6 is 23.4 Å². The van der Waals surface area contributed by atoms with Gasteiger partial charge in [-0.2, -0.15) is 4.98 Å². The predicted molar refractivity (Wildman–Crippen MR) is 88.3 cm³/mol. The fraction of sp³-hybridized carbons (Fsp3) is 0.0625. The fourth-order valence-electron chi connectivity index (χ4n) is 2.10. The molecule has 4 rings (SSSR count). The van der Waals surface area contributed by atoms with Crippen molar-refractivity contribution in [3.05, 3.63) is 59.4 Å². The lowest BCUT2D eigenvalue weighted by atomic mass is 10.2. The molecule has 2 heterocycles. The molecule has 2 aromatic carbocycles. The minimum atomic E-state index is 0.476. The van der Waals surface area contributed by atoms with Gasteiger partial charge in [-0.05, 0) is 24.3 Å². The summed E-state index contributed by atoms with van der Waals surface area (Å²) in [6.45, 7) is 0. The number of aromatic nitrogens is 3. The van der Waals surface area contributed by atoms with Gasteiger partial charge in [0.05, 0.1) is 10.8 Å². The van der Waals surface area contributed by atoms with Crippen LogP contribution in [0.25, 0.3) is 22.5 Å². The van der Waals surface area contributed by atoms with E-state index in [1.807, 2.05) is 42.5 Å². The molecule has 0 saturated carbocycles. The lowest BCUT2D eigenvalue weighted by Crippen LogP contribution is -1.83. The smallest absolute Gasteiger partial charge is 0.257 e. The maximum atomic E-state index is 6.13. The molecular weight excluding hydrogens is 334 g/mol. The van der Waals surface area contributed by atoms with Crippen molar-refractivity contribution in [2.75, 3.05) is 0 Å². The summed E-state index contributed by atoms with van der Waals surface area (Å²) in [5.41, 5.74) is 2.34. The van der Waals surface area contributed by atoms with Gasteiger partial charge in [-0.3, -0.25) is 0 Å². The van der Waals surface area contributed by atoms with Gasteiger partial charge in [-0.25, -0.2) is 4.98 Å². The topological polar surface area (TPSA) is 65.0 Å². The highest BCUT2D eigenvalue weighted by molar-refractivity contribution is 7.98. The number of para-hydroxylation sites is 2. The number of benzene rings is 2. The zero-order chi connectivity index (χ0) is 15.6. The first-order valence-electron chi connectivity index (χ1n) is 6.85. The van der Waals surface area contributed by atoms with Crippen LogP contribution in [0.1, 0.15) is 5.89 Å². The standard InChI is InChI=1S/C16H10ClN3O2S/c17-11-6-2-1-5-10(11)15-19-14(22-20-15)9-23-16-18-12-7-3-4-8-13(12)21-16/h1-8H,9H2. The summed E-state index contributed by atoms with van der Waals surface area (Å²) >= 11 is 7.54. The summed E-state index contributed by atoms with van der Waals surface area (Å²) in [4.78, 5) is 8.75. The highest BCUT2D eigenvalue weighted by atomic mass is 35.5. The van der Waals surface area contributed by atoms with Crippen LogP contribution < -0.4 is 0 Å². The fourth-order valence-corrected chi connectivity index (χ4v) is 3.00. The predicted octanol–water partition coefficient (Wildman–Crippen LogP) is 4.82. The summed E-state index contributed by atoms with van der Waals surface area (Å²) in [6, 6.07) is 15.0. The Hall–Kier alpha value is -2.31. The van der Waals surface area contributed by atoms with E-state index in [2.05, 4.69) is 15.1 Å². The molecule has 0 unspecified atom stereocenters. The van der Waals surface area contributed by atoms with Gasteiger partial charge in [-0.15, -0.1) is 0 Å². The molecule has 4 aromatic rings. The van der Waals surface area contributed by atoms with Crippen LogP contribution in [0.5, 0.6) is 0 Å². The zero-order valence-corrected chi connectivity index (χ0v) is 13.3. The number of nitrogens with zero attached hydrogens (tertiary/aromatic N) is 3. The molecule has 0 fully saturated rings. The van der Waals surface area contributed by atoms with Crippen molar-refractivity contribution in [1.29, 1.82) is 0 Å². The van der Waals surface area contributed by atoms with Crippen LogP contribution in [0, 0.1) is 0 Å². The van der Waals surface area contributed by atoms with E-state index in [1.165, 1.54) is 11.8 Å². The Morgan fingerprint density at radius 2 is 1.83 bits per heavy atom. The molecule has 0 N–H and O–H groups in total. The van der Waals surface area contributed by atoms with Crippen LogP contribution in [0.3, 0.4) is 0 Å². The van der Waals surface area contributed by atoms with E-state index in [0.717, 1.165) is 16.7 Å². The van der Waals surface area contributed by atoms with Crippen LogP contribution in [0.4, 0.5) is 0 Å². The number of hydrogen-bond donors (Lipinski definition) is 0. The Labute approximate surface area is 140 Å². The first-order chi connectivity index (χ1) is 11.3. The normalized spacial score (nSPS) is 11.2. The van der Waals surface area contributed by atoms with Crippen LogP contribution in [-0.4, -0.2) is 15.1 Å². The molecule has 0 saturated heterocycles. The van der Waals surface area contributed by atoms with Crippen molar-refractivity contribution in [1.82, 2.24) is 15.1 Å². The Kier molecular flexibility index (Phi) is 3.77. The Bertz CT molecular complexity index is 934. The maximum Gasteiger partial charge on any atom is 0.257 e. The molecule has 7 heteroatoms. The molecule has 0 atom stereocenters. The maximum absolute atomic E-state index is 6.13. The minimum Gasteiger partial charge on any atom is -0.431 e. The van der Waals surface area contributed by atoms with Crippen molar-refractivity contribution in [2.45, 2.75) is 11.0 Å². The molecule has 0 aliphatic carbocycles. The van der Waals surface area contributed by atoms with Crippen LogP contribution in [-0.2, 0) is 5.75 Å². The van der Waals surface area contributed by atoms with Gasteiger partial charge in [0.1, 0.15) is 5.52 Å². The molecule has 0 aliphatic rings. The van der Waals surface area contributed by atoms with Crippen molar-refractivity contribution in [3.63, 3.8) is 0 Å². The Morgan fingerprint density at radius 1 is 1.00 bits per heavy atom. The summed E-state index contributed by atoms with van der Waals surface area (Å²) in [5, 5.41) is 5.13. The van der Waals surface area contributed by atoms with Crippen LogP contribution in [0.15, 0.2) is 62.7 Å². The van der Waals surface area contributed by atoms with Gasteiger partial charge in [0.25, 0.3) is 5.22 Å². The summed E-state index contributed by atoms with van der Waals surface area (Å²) in [6.07, 6.45) is 0. The molecule has 0 aliphatic heterocycles. The molecule has 0 amide bonds. The van der Waals surface area contributed by atoms with Crippen molar-refractivity contribution in [2.24, 2.45) is 0 Å². The number of halogens is 1. The van der Waals surface area contributed by atoms with Crippen molar-refractivity contribution >= 4 is 34.5 Å². The van der Waals surface area contributed by atoms with Gasteiger partial charge in [-0.1, -0.05) is 52.8 Å². The van der Waals surface area contributed by atoms with Gasteiger partial charge >= 0.3 is 0 Å². The third-order valence-corrected chi connectivity index (χ3v) is 4.32. The second-order valence-corrected chi connectivity index (χ2v) is 6.06. The molecule has 23 heavy (non-hydrogen) atoms. The molecule has 0 spiro atoms. The molecule has 0 bridgehead atoms. The number of thioether (sulfide) groups is 1. The van der Waals surface area contributed by atoms with Crippen LogP contribution in [0.2, 0.25) is 5.02 Å². The second-order valence-electron chi connectivity index (χ2n) is 4.73. The number of fused-ring (bicyclic) bond motifs is 1. The monoisotopic (exact) mass is 343 g/mol. The van der Waals surface area contributed by atoms with E-state index in [1.54, 1.807) is 6.07 Å². The molecule has 0 radical (unpaired) electrons. The minimum absolute atomic E-state index is 0.476. The summed E-state index contributed by atoms with van der Waals surface area (Å²) in [5.74, 6) is 1.44. The van der Waals surface area contributed by atoms with E-state index in [9.17, 15) is 0 Å². The van der Waals surface area contributed by atoms with Gasteiger partial charge in [0, 0.05) is 5.56 Å². The number of rotatable bonds is 4. The lowest BCUT2D eigenvalue weighted by Gasteiger charge is -1.95. The zero-order valence-electron chi connectivity index (χ0n) is 11.8.